The number of aliphatic hydroxyl groups excluding tert-OH is 1. The molecule has 1 aliphatic heterocycles. The summed E-state index contributed by atoms with van der Waals surface area (Å²) in [6, 6.07) is 3.70. The summed E-state index contributed by atoms with van der Waals surface area (Å²) >= 11 is 0. The normalized spacial score (nSPS) is 17.3. The summed E-state index contributed by atoms with van der Waals surface area (Å²) in [5.41, 5.74) is 0. The molecule has 0 saturated carbocycles. The monoisotopic (exact) mass is 281 g/mol. The van der Waals surface area contributed by atoms with E-state index >= 15 is 0 Å². The van der Waals surface area contributed by atoms with Crippen LogP contribution >= 0.6 is 0 Å². The van der Waals surface area contributed by atoms with Gasteiger partial charge in [0.05, 0.1) is 26.0 Å². The van der Waals surface area contributed by atoms with Crippen LogP contribution in [0.1, 0.15) is 5.76 Å². The van der Waals surface area contributed by atoms with E-state index < -0.39 is 0 Å². The first-order valence-electron chi connectivity index (χ1n) is 7.01. The molecule has 1 aromatic heterocycles. The Morgan fingerprint density at radius 2 is 2.05 bits per heavy atom. The minimum absolute atomic E-state index is 0.108. The van der Waals surface area contributed by atoms with Gasteiger partial charge in [-0.3, -0.25) is 14.6 Å². The number of carbonyl (C=O) groups excluding carboxylic acids is 1. The number of furan rings is 1. The van der Waals surface area contributed by atoms with Crippen molar-refractivity contribution in [3.8, 4) is 0 Å². The summed E-state index contributed by atoms with van der Waals surface area (Å²) in [6.45, 7) is 5.46. The number of hydrogen-bond acceptors (Lipinski definition) is 5. The molecule has 1 amide bonds. The van der Waals surface area contributed by atoms with Crippen molar-refractivity contribution >= 4 is 5.91 Å². The van der Waals surface area contributed by atoms with Gasteiger partial charge in [0, 0.05) is 39.8 Å². The minimum atomic E-state index is 0.108. The van der Waals surface area contributed by atoms with E-state index in [1.165, 1.54) is 0 Å². The smallest absolute Gasteiger partial charge is 0.236 e. The number of likely N-dealkylation sites (N-methyl/N-ethyl adjacent to an activating group) is 1. The molecule has 0 atom stereocenters. The summed E-state index contributed by atoms with van der Waals surface area (Å²) in [4.78, 5) is 18.2. The highest BCUT2D eigenvalue weighted by Crippen LogP contribution is 2.06. The van der Waals surface area contributed by atoms with Crippen molar-refractivity contribution in [2.75, 3.05) is 52.9 Å². The molecule has 1 aliphatic rings. The van der Waals surface area contributed by atoms with Gasteiger partial charge in [-0.2, -0.15) is 0 Å². The van der Waals surface area contributed by atoms with Crippen LogP contribution in [0.3, 0.4) is 0 Å². The first kappa shape index (κ1) is 15.0. The first-order valence-corrected chi connectivity index (χ1v) is 7.01. The zero-order valence-electron chi connectivity index (χ0n) is 12.0. The van der Waals surface area contributed by atoms with Gasteiger partial charge in [0.2, 0.25) is 5.91 Å². The van der Waals surface area contributed by atoms with Crippen LogP contribution in [0.25, 0.3) is 0 Å². The zero-order valence-corrected chi connectivity index (χ0v) is 12.0. The van der Waals surface area contributed by atoms with Crippen molar-refractivity contribution in [2.45, 2.75) is 6.54 Å². The number of hydrogen-bond donors (Lipinski definition) is 1. The van der Waals surface area contributed by atoms with Gasteiger partial charge in [-0.1, -0.05) is 0 Å². The minimum Gasteiger partial charge on any atom is -0.467 e. The molecule has 1 fully saturated rings. The third-order valence-corrected chi connectivity index (χ3v) is 3.64. The summed E-state index contributed by atoms with van der Waals surface area (Å²) in [7, 11) is 1.80. The van der Waals surface area contributed by atoms with Crippen LogP contribution in [0.4, 0.5) is 0 Å². The van der Waals surface area contributed by atoms with Gasteiger partial charge < -0.3 is 14.4 Å². The first-order chi connectivity index (χ1) is 9.69. The SMILES string of the molecule is CN(Cc1ccco1)C(=O)CN1CCN(CCO)CC1. The van der Waals surface area contributed by atoms with E-state index in [0.29, 0.717) is 13.1 Å². The summed E-state index contributed by atoms with van der Waals surface area (Å²) < 4.78 is 5.25. The standard InChI is InChI=1S/C14H23N3O3/c1-15(11-13-3-2-10-20-13)14(19)12-17-6-4-16(5-7-17)8-9-18/h2-3,10,18H,4-9,11-12H2,1H3. The lowest BCUT2D eigenvalue weighted by atomic mass is 10.3. The average molecular weight is 281 g/mol. The number of rotatable bonds is 6. The molecule has 112 valence electrons. The Bertz CT molecular complexity index is 400. The molecular formula is C14H23N3O3. The van der Waals surface area contributed by atoms with Crippen LogP contribution in [-0.4, -0.2) is 78.6 Å². The van der Waals surface area contributed by atoms with Crippen molar-refractivity contribution in [3.63, 3.8) is 0 Å². The van der Waals surface area contributed by atoms with Crippen molar-refractivity contribution in [3.05, 3.63) is 24.2 Å². The van der Waals surface area contributed by atoms with Gasteiger partial charge in [-0.25, -0.2) is 0 Å². The van der Waals surface area contributed by atoms with E-state index in [2.05, 4.69) is 9.80 Å². The van der Waals surface area contributed by atoms with Crippen LogP contribution in [-0.2, 0) is 11.3 Å². The number of nitrogens with zero attached hydrogens (tertiary/aromatic N) is 3. The number of piperazine rings is 1. The second-order valence-corrected chi connectivity index (χ2v) is 5.17. The second kappa shape index (κ2) is 7.42. The Balaban J connectivity index is 1.72. The van der Waals surface area contributed by atoms with E-state index in [1.54, 1.807) is 18.2 Å². The molecule has 6 heteroatoms. The van der Waals surface area contributed by atoms with Crippen LogP contribution in [0.5, 0.6) is 0 Å². The highest BCUT2D eigenvalue weighted by molar-refractivity contribution is 5.77. The predicted molar refractivity (Wildman–Crippen MR) is 75.1 cm³/mol. The molecule has 0 aliphatic carbocycles. The summed E-state index contributed by atoms with van der Waals surface area (Å²) in [5, 5.41) is 8.90. The third-order valence-electron chi connectivity index (χ3n) is 3.64. The molecule has 0 radical (unpaired) electrons. The quantitative estimate of drug-likeness (QED) is 0.786. The highest BCUT2D eigenvalue weighted by atomic mass is 16.3. The summed E-state index contributed by atoms with van der Waals surface area (Å²) in [6.07, 6.45) is 1.62. The lowest BCUT2D eigenvalue weighted by Crippen LogP contribution is -2.50. The van der Waals surface area contributed by atoms with Crippen molar-refractivity contribution in [2.24, 2.45) is 0 Å². The Hall–Kier alpha value is -1.37. The molecule has 2 rings (SSSR count). The lowest BCUT2D eigenvalue weighted by molar-refractivity contribution is -0.132. The summed E-state index contributed by atoms with van der Waals surface area (Å²) in [5.74, 6) is 0.908. The molecule has 0 unspecified atom stereocenters. The van der Waals surface area contributed by atoms with E-state index in [0.717, 1.165) is 38.5 Å². The molecule has 0 bridgehead atoms. The van der Waals surface area contributed by atoms with E-state index in [1.807, 2.05) is 12.1 Å². The number of β-amino-alcohol motifs (C(OH)–C–C–N with tert-alkyl or cyclic N) is 1. The second-order valence-electron chi connectivity index (χ2n) is 5.17. The van der Waals surface area contributed by atoms with Crippen LogP contribution in [0.15, 0.2) is 22.8 Å². The topological polar surface area (TPSA) is 60.2 Å². The van der Waals surface area contributed by atoms with Crippen LogP contribution < -0.4 is 0 Å². The van der Waals surface area contributed by atoms with Crippen LogP contribution in [0, 0.1) is 0 Å². The lowest BCUT2D eigenvalue weighted by Gasteiger charge is -2.34. The Morgan fingerprint density at radius 1 is 1.35 bits per heavy atom. The van der Waals surface area contributed by atoms with Crippen molar-refractivity contribution in [1.82, 2.24) is 14.7 Å². The molecular weight excluding hydrogens is 258 g/mol. The molecule has 1 saturated heterocycles. The Morgan fingerprint density at radius 3 is 2.65 bits per heavy atom. The third kappa shape index (κ3) is 4.33. The molecule has 0 aromatic carbocycles. The molecule has 6 nitrogen and oxygen atoms in total. The Labute approximate surface area is 119 Å². The Kier molecular flexibility index (Phi) is 5.58. The maximum Gasteiger partial charge on any atom is 0.236 e. The molecule has 20 heavy (non-hydrogen) atoms. The maximum atomic E-state index is 12.1. The average Bonchev–Trinajstić information content (AvgIpc) is 2.94. The molecule has 2 heterocycles. The highest BCUT2D eigenvalue weighted by Gasteiger charge is 2.20. The maximum absolute atomic E-state index is 12.1. The van der Waals surface area contributed by atoms with Gasteiger partial charge in [0.1, 0.15) is 5.76 Å². The van der Waals surface area contributed by atoms with E-state index in [-0.39, 0.29) is 12.5 Å². The van der Waals surface area contributed by atoms with Gasteiger partial charge in [-0.15, -0.1) is 0 Å². The zero-order chi connectivity index (χ0) is 14.4. The van der Waals surface area contributed by atoms with Gasteiger partial charge in [0.15, 0.2) is 0 Å². The molecule has 0 spiro atoms. The van der Waals surface area contributed by atoms with Gasteiger partial charge in [0.25, 0.3) is 0 Å². The predicted octanol–water partition coefficient (Wildman–Crippen LogP) is -0.152. The molecule has 1 N–H and O–H groups in total. The van der Waals surface area contributed by atoms with Gasteiger partial charge in [-0.05, 0) is 12.1 Å². The fourth-order valence-corrected chi connectivity index (χ4v) is 2.35. The van der Waals surface area contributed by atoms with E-state index in [4.69, 9.17) is 9.52 Å². The van der Waals surface area contributed by atoms with Crippen molar-refractivity contribution in [1.29, 1.82) is 0 Å². The van der Waals surface area contributed by atoms with Crippen molar-refractivity contribution < 1.29 is 14.3 Å². The number of aliphatic hydroxyl groups is 1. The fourth-order valence-electron chi connectivity index (χ4n) is 2.35. The molecule has 1 aromatic rings. The number of carbonyl (C=O) groups is 1. The largest absolute Gasteiger partial charge is 0.467 e. The van der Waals surface area contributed by atoms with E-state index in [9.17, 15) is 4.79 Å². The number of amides is 1. The van der Waals surface area contributed by atoms with Crippen LogP contribution in [0.2, 0.25) is 0 Å². The van der Waals surface area contributed by atoms with Gasteiger partial charge >= 0.3 is 0 Å². The fraction of sp³-hybridized carbons (Fsp3) is 0.643.